The van der Waals surface area contributed by atoms with Crippen molar-refractivity contribution in [3.05, 3.63) is 390 Å². The molecule has 5 aromatic heterocycles. The van der Waals surface area contributed by atoms with Crippen LogP contribution in [0.15, 0.2) is 334 Å². The molecule has 0 saturated carbocycles. The predicted octanol–water partition coefficient (Wildman–Crippen LogP) is 27.5. The molecule has 766 valence electrons. The van der Waals surface area contributed by atoms with Gasteiger partial charge < -0.3 is 63.1 Å². The lowest BCUT2D eigenvalue weighted by atomic mass is 9.97. The second kappa shape index (κ2) is 58.9. The Morgan fingerprint density at radius 2 is 0.425 bits per heavy atom. The highest BCUT2D eigenvalue weighted by atomic mass is 31.2. The highest BCUT2D eigenvalue weighted by Crippen LogP contribution is 2.43. The molecule has 146 heavy (non-hydrogen) atoms. The van der Waals surface area contributed by atoms with Crippen molar-refractivity contribution in [2.75, 3.05) is 50.6 Å². The Morgan fingerprint density at radius 3 is 0.651 bits per heavy atom. The van der Waals surface area contributed by atoms with Crippen molar-refractivity contribution in [1.29, 1.82) is 0 Å². The van der Waals surface area contributed by atoms with E-state index in [-0.39, 0.29) is 50.6 Å². The maximum atomic E-state index is 11.0. The van der Waals surface area contributed by atoms with Gasteiger partial charge in [-0.1, -0.05) is 362 Å². The van der Waals surface area contributed by atoms with E-state index in [1.54, 1.807) is 0 Å². The lowest BCUT2D eigenvalue weighted by Gasteiger charge is -2.13. The molecular weight excluding hydrogens is 1930 g/mol. The summed E-state index contributed by atoms with van der Waals surface area (Å²) in [6.07, 6.45) is 12.8. The number of ether oxygens (including phenoxy) is 3. The molecule has 0 unspecified atom stereocenters. The van der Waals surface area contributed by atoms with E-state index in [9.17, 15) is 22.8 Å². The summed E-state index contributed by atoms with van der Waals surface area (Å²) in [5.41, 5.74) is 31.8. The first kappa shape index (κ1) is 115. The first-order valence-electron chi connectivity index (χ1n) is 49.9. The Labute approximate surface area is 859 Å². The minimum absolute atomic E-state index is 0.0390. The first-order chi connectivity index (χ1) is 70.3. The molecule has 0 amide bonds. The van der Waals surface area contributed by atoms with Crippen molar-refractivity contribution in [1.82, 2.24) is 24.9 Å². The maximum absolute atomic E-state index is 11.0. The van der Waals surface area contributed by atoms with Gasteiger partial charge in [-0.15, -0.1) is 0 Å². The SMILES string of the molecule is CCCc1ccc(-c2ccc(CCCCCP(=O)(O)O)nc2-c2ccccc2)cc1.CCCc1ccc(-c2ccc(COCCCP(=O)(O)O)nc2-c2ccccc2)cc1.CCc1ccc(-c2ccc(CCCCCP(=O)(O)O)nc2-c2ccccc2)cc1.CCc1ccc(-c2ccc(COCCCP(=O)(O)O)nc2-c2ccccc2)cc1.Cc1ccc(-c2ccc(COCCCP(=O)(O)O)nc2-c2ccccc2)cc1. The monoisotopic (exact) mass is 2070 g/mol. The second-order valence-electron chi connectivity index (χ2n) is 36.0. The minimum atomic E-state index is -3.97. The molecule has 0 bridgehead atoms. The molecule has 0 spiro atoms. The number of aromatic nitrogens is 5. The third-order valence-electron chi connectivity index (χ3n) is 24.0. The van der Waals surface area contributed by atoms with Gasteiger partial charge in [0, 0.05) is 99.2 Å². The highest BCUT2D eigenvalue weighted by Gasteiger charge is 2.22. The molecule has 15 rings (SSSR count). The Hall–Kier alpha value is -11.4. The van der Waals surface area contributed by atoms with Gasteiger partial charge in [0.2, 0.25) is 0 Å². The second-order valence-corrected chi connectivity index (χ2v) is 44.8. The van der Waals surface area contributed by atoms with Crippen LogP contribution >= 0.6 is 38.0 Å². The van der Waals surface area contributed by atoms with Gasteiger partial charge in [-0.2, -0.15) is 0 Å². The molecule has 0 radical (unpaired) electrons. The number of unbranched alkanes of at least 4 members (excludes halogenated alkanes) is 4. The van der Waals surface area contributed by atoms with E-state index >= 15 is 0 Å². The molecule has 23 nitrogen and oxygen atoms in total. The van der Waals surface area contributed by atoms with E-state index in [0.717, 1.165) is 217 Å². The number of benzene rings is 10. The van der Waals surface area contributed by atoms with Crippen LogP contribution in [0.25, 0.3) is 112 Å². The molecule has 10 N–H and O–H groups in total. The van der Waals surface area contributed by atoms with Crippen LogP contribution in [0.5, 0.6) is 0 Å². The molecule has 28 heteroatoms. The molecule has 0 aliphatic heterocycles. The largest absolute Gasteiger partial charge is 0.375 e. The van der Waals surface area contributed by atoms with Crippen LogP contribution in [0.2, 0.25) is 0 Å². The van der Waals surface area contributed by atoms with Crippen molar-refractivity contribution >= 4 is 38.0 Å². The van der Waals surface area contributed by atoms with Crippen LogP contribution in [0.1, 0.15) is 155 Å². The molecule has 0 fully saturated rings. The predicted molar refractivity (Wildman–Crippen MR) is 590 cm³/mol. The molecule has 0 aliphatic carbocycles. The van der Waals surface area contributed by atoms with Crippen LogP contribution in [0.3, 0.4) is 0 Å². The summed E-state index contributed by atoms with van der Waals surface area (Å²) >= 11 is 0. The van der Waals surface area contributed by atoms with E-state index in [2.05, 4.69) is 217 Å². The smallest absolute Gasteiger partial charge is 0.325 e. The summed E-state index contributed by atoms with van der Waals surface area (Å²) < 4.78 is 71.4. The topological polar surface area (TPSA) is 380 Å². The number of hydrogen-bond donors (Lipinski definition) is 10. The number of nitrogens with zero attached hydrogens (tertiary/aromatic N) is 5. The Bertz CT molecular complexity index is 6410. The molecule has 15 aromatic rings. The van der Waals surface area contributed by atoms with E-state index in [4.69, 9.17) is 88.1 Å². The van der Waals surface area contributed by atoms with Crippen LogP contribution in [0.4, 0.5) is 0 Å². The molecule has 0 aliphatic rings. The van der Waals surface area contributed by atoms with Crippen LogP contribution < -0.4 is 0 Å². The van der Waals surface area contributed by atoms with Gasteiger partial charge in [-0.3, -0.25) is 32.8 Å². The Balaban J connectivity index is 0.000000174. The van der Waals surface area contributed by atoms with E-state index in [0.29, 0.717) is 51.9 Å². The molecule has 5 heterocycles. The summed E-state index contributed by atoms with van der Waals surface area (Å²) in [5.74, 6) is 0. The average Bonchev–Trinajstić information content (AvgIpc) is 0.840. The van der Waals surface area contributed by atoms with Crippen LogP contribution in [-0.4, -0.2) is 124 Å². The molecule has 10 aromatic carbocycles. The van der Waals surface area contributed by atoms with Gasteiger partial charge >= 0.3 is 38.0 Å². The summed E-state index contributed by atoms with van der Waals surface area (Å²) in [6.45, 7) is 12.5. The van der Waals surface area contributed by atoms with Gasteiger partial charge in [-0.05, 0) is 171 Å². The number of hydrogen-bond acceptors (Lipinski definition) is 13. The van der Waals surface area contributed by atoms with E-state index < -0.39 is 38.0 Å². The molecular formula is C118H136N5O18P5. The Kier molecular flexibility index (Phi) is 46.4. The third-order valence-corrected chi connectivity index (χ3v) is 28.5. The van der Waals surface area contributed by atoms with Crippen molar-refractivity contribution < 1.29 is 86.0 Å². The first-order valence-corrected chi connectivity index (χ1v) is 58.9. The van der Waals surface area contributed by atoms with Gasteiger partial charge in [0.15, 0.2) is 0 Å². The minimum Gasteiger partial charge on any atom is -0.375 e. The van der Waals surface area contributed by atoms with Gasteiger partial charge in [-0.25, -0.2) is 15.0 Å². The highest BCUT2D eigenvalue weighted by molar-refractivity contribution is 7.52. The lowest BCUT2D eigenvalue weighted by Crippen LogP contribution is -2.02. The fourth-order valence-corrected chi connectivity index (χ4v) is 19.3. The van der Waals surface area contributed by atoms with Crippen molar-refractivity contribution in [2.24, 2.45) is 0 Å². The summed E-state index contributed by atoms with van der Waals surface area (Å²) in [4.78, 5) is 114. The summed E-state index contributed by atoms with van der Waals surface area (Å²) in [7, 11) is -19.7. The molecule has 0 saturated heterocycles. The quantitative estimate of drug-likeness (QED) is 0.0125. The van der Waals surface area contributed by atoms with Crippen molar-refractivity contribution in [2.45, 2.75) is 164 Å². The van der Waals surface area contributed by atoms with Crippen LogP contribution in [-0.2, 0) is 95.4 Å². The standard InChI is InChI=1S/C25H30NO3P.C24H28NO4P.C24H28NO3P.C23H26NO4P.C22H24NO4P/c1-2-9-20-13-15-21(16-14-20)24-18-17-23(12-7-4-8-19-30(27,28)29)26-25(24)22-10-5-3-6-11-22;1-2-7-19-10-12-20(13-11-19)23-15-14-22(18-29-16-6-17-30(26,27)28)25-24(23)21-8-4-3-5-9-21;1-2-19-12-14-20(15-13-19)23-17-16-22(11-7-4-8-18-29(26,27)28)25-24(23)21-9-5-3-6-10-21;1-2-18-9-11-19(12-10-18)22-14-13-21(17-28-15-6-16-29(25,26)27)24-23(22)20-7-4-3-5-8-20;1-17-8-10-18(11-9-17)21-13-12-20(16-27-14-5-15-28(24,25)26)23-22(21)19-6-3-2-4-7-19/h3,5-6,10-11,13-18H,2,4,7-9,12,19H2,1H3,(H2,27,28,29);3-5,8-15H,2,6-7,16-18H2,1H3,(H2,26,27,28);3,5-6,9-10,12-17H,2,4,7-8,11,18H2,1H3,(H2,26,27,28);3-5,7-14H,2,6,15-17H2,1H3,(H2,25,26,27);2-4,6-13H,5,14-16H2,1H3,(H2,24,25,26). The van der Waals surface area contributed by atoms with Gasteiger partial charge in [0.05, 0.1) is 83.9 Å². The maximum Gasteiger partial charge on any atom is 0.325 e. The van der Waals surface area contributed by atoms with Crippen molar-refractivity contribution in [3.8, 4) is 112 Å². The fraction of sp³-hybridized carbons (Fsp3) is 0.280. The number of rotatable bonds is 46. The number of aryl methyl sites for hydroxylation is 7. The summed E-state index contributed by atoms with van der Waals surface area (Å²) in [6, 6.07) is 114. The fourth-order valence-electron chi connectivity index (χ4n) is 16.4. The lowest BCUT2D eigenvalue weighted by molar-refractivity contribution is 0.118. The zero-order valence-corrected chi connectivity index (χ0v) is 88.2. The summed E-state index contributed by atoms with van der Waals surface area (Å²) in [5, 5.41) is 0. The zero-order valence-electron chi connectivity index (χ0n) is 83.8. The van der Waals surface area contributed by atoms with Gasteiger partial charge in [0.1, 0.15) is 0 Å². The zero-order chi connectivity index (χ0) is 104. The van der Waals surface area contributed by atoms with Crippen molar-refractivity contribution in [3.63, 3.8) is 0 Å². The van der Waals surface area contributed by atoms with E-state index in [1.165, 1.54) is 27.8 Å². The third kappa shape index (κ3) is 40.3. The van der Waals surface area contributed by atoms with Gasteiger partial charge in [0.25, 0.3) is 0 Å². The van der Waals surface area contributed by atoms with Crippen LogP contribution in [0, 0.1) is 6.92 Å². The molecule has 0 atom stereocenters. The number of pyridine rings is 5. The average molecular weight is 2070 g/mol. The normalized spacial score (nSPS) is 11.6. The Morgan fingerprint density at radius 1 is 0.212 bits per heavy atom. The van der Waals surface area contributed by atoms with E-state index in [1.807, 2.05) is 152 Å².